The van der Waals surface area contributed by atoms with E-state index in [0.29, 0.717) is 40.9 Å². The number of nitrogens with one attached hydrogen (secondary N) is 3. The minimum atomic E-state index is -0.364. The first-order valence-electron chi connectivity index (χ1n) is 11.0. The maximum absolute atomic E-state index is 12.7. The molecule has 1 aromatic heterocycles. The molecule has 9 nitrogen and oxygen atoms in total. The fourth-order valence-electron chi connectivity index (χ4n) is 3.91. The molecule has 1 fully saturated rings. The Morgan fingerprint density at radius 2 is 2.00 bits per heavy atom. The zero-order valence-electron chi connectivity index (χ0n) is 20.2. The largest absolute Gasteiger partial charge is 0.398 e. The van der Waals surface area contributed by atoms with Crippen molar-refractivity contribution in [2.24, 2.45) is 7.05 Å². The van der Waals surface area contributed by atoms with Crippen LogP contribution in [0.1, 0.15) is 61.2 Å². The van der Waals surface area contributed by atoms with Crippen molar-refractivity contribution in [1.82, 2.24) is 25.1 Å². The summed E-state index contributed by atoms with van der Waals surface area (Å²) in [5, 5.41) is 15.2. The van der Waals surface area contributed by atoms with E-state index in [1.165, 1.54) is 12.3 Å². The number of nitrogens with zero attached hydrogens (tertiary/aromatic N) is 3. The van der Waals surface area contributed by atoms with E-state index in [0.717, 1.165) is 5.56 Å². The average Bonchev–Trinajstić information content (AvgIpc) is 3.10. The minimum absolute atomic E-state index is 0.108. The van der Waals surface area contributed by atoms with Crippen LogP contribution in [0, 0.1) is 5.41 Å². The van der Waals surface area contributed by atoms with E-state index in [1.54, 1.807) is 22.6 Å². The molecule has 1 aliphatic rings. The number of rotatable bonds is 6. The second kappa shape index (κ2) is 9.50. The van der Waals surface area contributed by atoms with E-state index < -0.39 is 0 Å². The molecule has 1 atom stereocenters. The molecule has 1 aromatic carbocycles. The second-order valence-corrected chi connectivity index (χ2v) is 10.00. The molecule has 1 aliphatic heterocycles. The highest BCUT2D eigenvalue weighted by Gasteiger charge is 2.31. The van der Waals surface area contributed by atoms with Crippen molar-refractivity contribution in [2.75, 3.05) is 18.8 Å². The maximum Gasteiger partial charge on any atom is 0.269 e. The maximum atomic E-state index is 12.7. The monoisotopic (exact) mass is 485 g/mol. The summed E-state index contributed by atoms with van der Waals surface area (Å²) in [5.41, 5.74) is 8.21. The molecule has 1 saturated heterocycles. The zero-order valence-corrected chi connectivity index (χ0v) is 21.0. The molecule has 1 unspecified atom stereocenters. The molecular formula is C24H32ClN7O2. The number of imidazole rings is 1. The number of benzene rings is 1. The van der Waals surface area contributed by atoms with Crippen molar-refractivity contribution in [2.45, 2.75) is 45.2 Å². The third-order valence-electron chi connectivity index (χ3n) is 5.92. The van der Waals surface area contributed by atoms with Crippen LogP contribution in [0.5, 0.6) is 0 Å². The molecule has 0 bridgehead atoms. The molecule has 0 aliphatic carbocycles. The number of amidine groups is 1. The number of halogens is 1. The van der Waals surface area contributed by atoms with E-state index in [1.807, 2.05) is 33.8 Å². The van der Waals surface area contributed by atoms with Crippen molar-refractivity contribution in [3.8, 4) is 0 Å². The van der Waals surface area contributed by atoms with Crippen LogP contribution in [-0.4, -0.2) is 51.2 Å². The van der Waals surface area contributed by atoms with Crippen LogP contribution in [0.3, 0.4) is 0 Å². The van der Waals surface area contributed by atoms with Gasteiger partial charge in [0.2, 0.25) is 5.91 Å². The number of aromatic nitrogens is 2. The third-order valence-corrected chi connectivity index (χ3v) is 6.24. The second-order valence-electron chi connectivity index (χ2n) is 9.59. The summed E-state index contributed by atoms with van der Waals surface area (Å²) in [4.78, 5) is 30.3. The third kappa shape index (κ3) is 5.09. The number of nitrogens with two attached hydrogens (primary N) is 1. The Morgan fingerprint density at radius 3 is 2.59 bits per heavy atom. The lowest BCUT2D eigenvalue weighted by Gasteiger charge is -2.38. The van der Waals surface area contributed by atoms with Crippen molar-refractivity contribution in [1.29, 1.82) is 5.41 Å². The van der Waals surface area contributed by atoms with E-state index in [2.05, 4.69) is 22.2 Å². The highest BCUT2D eigenvalue weighted by Crippen LogP contribution is 2.33. The molecule has 0 spiro atoms. The number of likely N-dealkylation sites (tertiary alicyclic amines) is 1. The quantitative estimate of drug-likeness (QED) is 0.216. The summed E-state index contributed by atoms with van der Waals surface area (Å²) in [6.07, 6.45) is 2.77. The van der Waals surface area contributed by atoms with Crippen molar-refractivity contribution in [3.05, 3.63) is 58.7 Å². The zero-order chi connectivity index (χ0) is 25.4. The molecule has 182 valence electrons. The number of nitrogen functional groups attached to an aromatic ring is 1. The number of amides is 2. The molecule has 3 rings (SSSR count). The van der Waals surface area contributed by atoms with Crippen molar-refractivity contribution >= 4 is 34.9 Å². The van der Waals surface area contributed by atoms with Gasteiger partial charge in [-0.1, -0.05) is 39.0 Å². The SMILES string of the molecule is C=CC(=O)N1CC(NC(=O)c2cnc(C(C)NC(=N)c3cc(C(C)(C)C)c(Cl)cc3N)n2C)C1. The average molecular weight is 486 g/mol. The van der Waals surface area contributed by atoms with Crippen LogP contribution in [0.2, 0.25) is 5.02 Å². The van der Waals surface area contributed by atoms with Crippen LogP contribution >= 0.6 is 11.6 Å². The summed E-state index contributed by atoms with van der Waals surface area (Å²) in [7, 11) is 1.75. The van der Waals surface area contributed by atoms with Gasteiger partial charge in [-0.15, -0.1) is 0 Å². The molecule has 2 aromatic rings. The highest BCUT2D eigenvalue weighted by molar-refractivity contribution is 6.32. The first kappa shape index (κ1) is 25.3. The standard InChI is InChI=1S/C24H32ClN7O2/c1-7-20(33)32-11-14(12-32)30-23(34)19-10-28-22(31(19)6)13(2)29-21(27)15-8-16(24(3,4)5)17(25)9-18(15)26/h7-10,13-14H,1,11-12,26H2,2-6H3,(H2,27,29)(H,30,34). The van der Waals surface area contributed by atoms with Crippen LogP contribution in [0.25, 0.3) is 0 Å². The Balaban J connectivity index is 1.69. The fraction of sp³-hybridized carbons (Fsp3) is 0.417. The molecular weight excluding hydrogens is 454 g/mol. The Morgan fingerprint density at radius 1 is 1.35 bits per heavy atom. The molecule has 0 radical (unpaired) electrons. The van der Waals surface area contributed by atoms with Gasteiger partial charge in [0.15, 0.2) is 0 Å². The van der Waals surface area contributed by atoms with Gasteiger partial charge in [-0.05, 0) is 36.1 Å². The van der Waals surface area contributed by atoms with Crippen molar-refractivity contribution in [3.63, 3.8) is 0 Å². The van der Waals surface area contributed by atoms with E-state index in [4.69, 9.17) is 22.7 Å². The smallest absolute Gasteiger partial charge is 0.269 e. The molecule has 34 heavy (non-hydrogen) atoms. The Labute approximate surface area is 204 Å². The summed E-state index contributed by atoms with van der Waals surface area (Å²) in [6.45, 7) is 12.4. The van der Waals surface area contributed by atoms with Gasteiger partial charge < -0.3 is 25.8 Å². The predicted molar refractivity (Wildman–Crippen MR) is 134 cm³/mol. The molecule has 2 amide bonds. The van der Waals surface area contributed by atoms with E-state index in [9.17, 15) is 9.59 Å². The Bertz CT molecular complexity index is 1140. The normalized spacial score (nSPS) is 14.8. The van der Waals surface area contributed by atoms with Gasteiger partial charge in [-0.25, -0.2) is 4.98 Å². The minimum Gasteiger partial charge on any atom is -0.398 e. The molecule has 5 N–H and O–H groups in total. The van der Waals surface area contributed by atoms with Gasteiger partial charge in [-0.2, -0.15) is 0 Å². The van der Waals surface area contributed by atoms with Crippen LogP contribution in [0.4, 0.5) is 5.69 Å². The van der Waals surface area contributed by atoms with E-state index >= 15 is 0 Å². The Hall–Kier alpha value is -3.33. The highest BCUT2D eigenvalue weighted by atomic mass is 35.5. The van der Waals surface area contributed by atoms with Gasteiger partial charge in [0.1, 0.15) is 17.4 Å². The van der Waals surface area contributed by atoms with Gasteiger partial charge in [0, 0.05) is 36.4 Å². The first-order chi connectivity index (χ1) is 15.8. The lowest BCUT2D eigenvalue weighted by Crippen LogP contribution is -2.60. The van der Waals surface area contributed by atoms with Crippen LogP contribution in [0.15, 0.2) is 31.0 Å². The number of carbonyl (C=O) groups is 2. The van der Waals surface area contributed by atoms with Gasteiger partial charge in [0.05, 0.1) is 18.3 Å². The van der Waals surface area contributed by atoms with Crippen LogP contribution in [-0.2, 0) is 17.3 Å². The van der Waals surface area contributed by atoms with Gasteiger partial charge in [0.25, 0.3) is 5.91 Å². The summed E-state index contributed by atoms with van der Waals surface area (Å²) >= 11 is 6.38. The number of anilines is 1. The molecule has 0 saturated carbocycles. The topological polar surface area (TPSA) is 129 Å². The van der Waals surface area contributed by atoms with Crippen molar-refractivity contribution < 1.29 is 9.59 Å². The van der Waals surface area contributed by atoms with E-state index in [-0.39, 0.29) is 35.1 Å². The lowest BCUT2D eigenvalue weighted by atomic mass is 9.85. The number of hydrogen-bond donors (Lipinski definition) is 4. The number of hydrogen-bond acceptors (Lipinski definition) is 5. The summed E-state index contributed by atoms with van der Waals surface area (Å²) in [6, 6.07) is 3.04. The molecule has 10 heteroatoms. The Kier molecular flexibility index (Phi) is 7.07. The van der Waals surface area contributed by atoms with Crippen LogP contribution < -0.4 is 16.4 Å². The van der Waals surface area contributed by atoms with Gasteiger partial charge >= 0.3 is 0 Å². The summed E-state index contributed by atoms with van der Waals surface area (Å²) in [5.74, 6) is 0.320. The first-order valence-corrected chi connectivity index (χ1v) is 11.4. The predicted octanol–water partition coefficient (Wildman–Crippen LogP) is 2.76. The lowest BCUT2D eigenvalue weighted by molar-refractivity contribution is -0.130. The molecule has 2 heterocycles. The number of carbonyl (C=O) groups excluding carboxylic acids is 2. The van der Waals surface area contributed by atoms with Gasteiger partial charge in [-0.3, -0.25) is 15.0 Å². The fourth-order valence-corrected chi connectivity index (χ4v) is 4.37. The summed E-state index contributed by atoms with van der Waals surface area (Å²) < 4.78 is 1.69.